The molecule has 0 aromatic heterocycles. The molecule has 1 aromatic rings. The Balaban J connectivity index is 3.12. The maximum absolute atomic E-state index is 13.1. The summed E-state index contributed by atoms with van der Waals surface area (Å²) in [5.74, 6) is -6.15. The molecule has 0 spiro atoms. The minimum absolute atomic E-state index is 0.398. The second-order valence-corrected chi connectivity index (χ2v) is 3.84. The van der Waals surface area contributed by atoms with Crippen LogP contribution >= 0.6 is 0 Å². The predicted octanol–water partition coefficient (Wildman–Crippen LogP) is 0.954. The van der Waals surface area contributed by atoms with E-state index in [1.54, 1.807) is 0 Å². The highest BCUT2D eigenvalue weighted by Crippen LogP contribution is 2.15. The molecule has 1 atom stereocenters. The lowest BCUT2D eigenvalue weighted by molar-refractivity contribution is -0.142. The fourth-order valence-corrected chi connectivity index (χ4v) is 1.42. The minimum atomic E-state index is -1.60. The monoisotopic (exact) mass is 287 g/mol. The average molecular weight is 287 g/mol. The van der Waals surface area contributed by atoms with Crippen LogP contribution in [0.3, 0.4) is 0 Å². The highest BCUT2D eigenvalue weighted by atomic mass is 19.2. The van der Waals surface area contributed by atoms with Crippen LogP contribution in [0.15, 0.2) is 12.1 Å². The van der Waals surface area contributed by atoms with Gasteiger partial charge >= 0.3 is 11.9 Å². The first-order valence-corrected chi connectivity index (χ1v) is 5.39. The molecule has 0 fully saturated rings. The standard InChI is InChI=1S/C12H11F2NO5/c1-5(12(19)20-2)15-10(16)6-3-8(13)9(14)4-7(6)11(17)18/h3-5H,1-2H3,(H,15,16)(H,17,18)/t5-/m0/s1. The number of ether oxygens (including phenoxy) is 1. The normalized spacial score (nSPS) is 11.6. The molecule has 0 aliphatic rings. The van der Waals surface area contributed by atoms with Crippen molar-refractivity contribution in [1.82, 2.24) is 5.32 Å². The van der Waals surface area contributed by atoms with Crippen LogP contribution in [-0.4, -0.2) is 36.1 Å². The molecule has 0 heterocycles. The zero-order valence-electron chi connectivity index (χ0n) is 10.6. The van der Waals surface area contributed by atoms with Gasteiger partial charge in [0.1, 0.15) is 6.04 Å². The summed E-state index contributed by atoms with van der Waals surface area (Å²) < 4.78 is 30.5. The smallest absolute Gasteiger partial charge is 0.336 e. The Hall–Kier alpha value is -2.51. The van der Waals surface area contributed by atoms with E-state index in [4.69, 9.17) is 5.11 Å². The van der Waals surface area contributed by atoms with Crippen molar-refractivity contribution in [2.24, 2.45) is 0 Å². The van der Waals surface area contributed by atoms with Crippen molar-refractivity contribution < 1.29 is 33.0 Å². The van der Waals surface area contributed by atoms with Gasteiger partial charge in [0.25, 0.3) is 5.91 Å². The number of carbonyl (C=O) groups excluding carboxylic acids is 2. The third-order valence-electron chi connectivity index (χ3n) is 2.44. The number of nitrogens with one attached hydrogen (secondary N) is 1. The van der Waals surface area contributed by atoms with E-state index >= 15 is 0 Å². The molecule has 0 saturated carbocycles. The number of carboxylic acid groups (broad SMARTS) is 1. The summed E-state index contributed by atoms with van der Waals surface area (Å²) in [7, 11) is 1.10. The van der Waals surface area contributed by atoms with Crippen molar-refractivity contribution >= 4 is 17.8 Å². The highest BCUT2D eigenvalue weighted by molar-refractivity contribution is 6.05. The fourth-order valence-electron chi connectivity index (χ4n) is 1.42. The van der Waals surface area contributed by atoms with E-state index in [9.17, 15) is 23.2 Å². The molecule has 20 heavy (non-hydrogen) atoms. The van der Waals surface area contributed by atoms with Crippen LogP contribution in [0.4, 0.5) is 8.78 Å². The van der Waals surface area contributed by atoms with Crippen molar-refractivity contribution in [3.05, 3.63) is 34.9 Å². The predicted molar refractivity (Wildman–Crippen MR) is 62.3 cm³/mol. The topological polar surface area (TPSA) is 92.7 Å². The number of esters is 1. The van der Waals surface area contributed by atoms with Crippen LogP contribution in [-0.2, 0) is 9.53 Å². The van der Waals surface area contributed by atoms with Crippen LogP contribution in [0.1, 0.15) is 27.6 Å². The first-order valence-electron chi connectivity index (χ1n) is 5.39. The first kappa shape index (κ1) is 15.5. The number of carbonyl (C=O) groups is 3. The molecule has 6 nitrogen and oxygen atoms in total. The van der Waals surface area contributed by atoms with E-state index in [1.807, 2.05) is 0 Å². The Morgan fingerprint density at radius 2 is 1.70 bits per heavy atom. The molecule has 1 aromatic carbocycles. The molecule has 0 aliphatic carbocycles. The van der Waals surface area contributed by atoms with E-state index in [0.29, 0.717) is 12.1 Å². The quantitative estimate of drug-likeness (QED) is 0.804. The van der Waals surface area contributed by atoms with Gasteiger partial charge in [-0.3, -0.25) is 4.79 Å². The lowest BCUT2D eigenvalue weighted by Crippen LogP contribution is -2.39. The molecule has 0 unspecified atom stereocenters. The summed E-state index contributed by atoms with van der Waals surface area (Å²) in [5, 5.41) is 11.0. The van der Waals surface area contributed by atoms with Crippen LogP contribution in [0.2, 0.25) is 0 Å². The number of aromatic carboxylic acids is 1. The molecule has 0 aliphatic heterocycles. The molecular weight excluding hydrogens is 276 g/mol. The third-order valence-corrected chi connectivity index (χ3v) is 2.44. The molecule has 0 bridgehead atoms. The van der Waals surface area contributed by atoms with Gasteiger partial charge in [-0.1, -0.05) is 0 Å². The van der Waals surface area contributed by atoms with Gasteiger partial charge in [-0.05, 0) is 19.1 Å². The largest absolute Gasteiger partial charge is 0.478 e. The van der Waals surface area contributed by atoms with Gasteiger partial charge in [-0.2, -0.15) is 0 Å². The Morgan fingerprint density at radius 1 is 1.20 bits per heavy atom. The summed E-state index contributed by atoms with van der Waals surface area (Å²) in [6, 6.07) is -0.213. The van der Waals surface area contributed by atoms with Gasteiger partial charge in [-0.15, -0.1) is 0 Å². The second-order valence-electron chi connectivity index (χ2n) is 3.84. The molecule has 108 valence electrons. The number of benzene rings is 1. The maximum Gasteiger partial charge on any atom is 0.336 e. The maximum atomic E-state index is 13.1. The zero-order valence-corrected chi connectivity index (χ0v) is 10.6. The van der Waals surface area contributed by atoms with Crippen molar-refractivity contribution in [2.75, 3.05) is 7.11 Å². The fraction of sp³-hybridized carbons (Fsp3) is 0.250. The van der Waals surface area contributed by atoms with E-state index < -0.39 is 46.6 Å². The number of halogens is 2. The molecule has 8 heteroatoms. The van der Waals surface area contributed by atoms with Crippen LogP contribution < -0.4 is 5.32 Å². The van der Waals surface area contributed by atoms with Crippen molar-refractivity contribution in [3.8, 4) is 0 Å². The van der Waals surface area contributed by atoms with Crippen LogP contribution in [0, 0.1) is 11.6 Å². The number of carboxylic acids is 1. The number of hydrogen-bond acceptors (Lipinski definition) is 4. The van der Waals surface area contributed by atoms with E-state index in [0.717, 1.165) is 7.11 Å². The van der Waals surface area contributed by atoms with Crippen molar-refractivity contribution in [1.29, 1.82) is 0 Å². The summed E-state index contributed by atoms with van der Waals surface area (Å²) in [6.45, 7) is 1.30. The minimum Gasteiger partial charge on any atom is -0.478 e. The van der Waals surface area contributed by atoms with Gasteiger partial charge < -0.3 is 15.2 Å². The molecular formula is C12H11F2NO5. The first-order chi connectivity index (χ1) is 9.27. The Labute approximate surface area is 112 Å². The van der Waals surface area contributed by atoms with E-state index in [-0.39, 0.29) is 0 Å². The highest BCUT2D eigenvalue weighted by Gasteiger charge is 2.23. The van der Waals surface area contributed by atoms with E-state index in [1.165, 1.54) is 6.92 Å². The lowest BCUT2D eigenvalue weighted by atomic mass is 10.1. The third kappa shape index (κ3) is 3.28. The number of hydrogen-bond donors (Lipinski definition) is 2. The lowest BCUT2D eigenvalue weighted by Gasteiger charge is -2.13. The van der Waals surface area contributed by atoms with Gasteiger partial charge in [-0.25, -0.2) is 18.4 Å². The SMILES string of the molecule is COC(=O)[C@H](C)NC(=O)c1cc(F)c(F)cc1C(=O)O. The van der Waals surface area contributed by atoms with Gasteiger partial charge in [0.2, 0.25) is 0 Å². The molecule has 2 N–H and O–H groups in total. The van der Waals surface area contributed by atoms with E-state index in [2.05, 4.69) is 10.1 Å². The molecule has 1 amide bonds. The number of methoxy groups -OCH3 is 1. The number of rotatable bonds is 4. The Kier molecular flexibility index (Phi) is 4.73. The Bertz CT molecular complexity index is 573. The van der Waals surface area contributed by atoms with Crippen molar-refractivity contribution in [3.63, 3.8) is 0 Å². The van der Waals surface area contributed by atoms with Crippen LogP contribution in [0.25, 0.3) is 0 Å². The summed E-state index contributed by atoms with van der Waals surface area (Å²) in [5.41, 5.74) is -1.30. The Morgan fingerprint density at radius 3 is 2.15 bits per heavy atom. The summed E-state index contributed by atoms with van der Waals surface area (Å²) in [4.78, 5) is 33.8. The average Bonchev–Trinajstić information content (AvgIpc) is 2.39. The summed E-state index contributed by atoms with van der Waals surface area (Å²) in [6.07, 6.45) is 0. The van der Waals surface area contributed by atoms with Crippen LogP contribution in [0.5, 0.6) is 0 Å². The van der Waals surface area contributed by atoms with Crippen molar-refractivity contribution in [2.45, 2.75) is 13.0 Å². The molecule has 0 saturated heterocycles. The summed E-state index contributed by atoms with van der Waals surface area (Å²) >= 11 is 0. The molecule has 0 radical (unpaired) electrons. The van der Waals surface area contributed by atoms with Gasteiger partial charge in [0, 0.05) is 0 Å². The number of amides is 1. The van der Waals surface area contributed by atoms with Gasteiger partial charge in [0.05, 0.1) is 18.2 Å². The second kappa shape index (κ2) is 6.09. The van der Waals surface area contributed by atoms with Gasteiger partial charge in [0.15, 0.2) is 11.6 Å². The zero-order chi connectivity index (χ0) is 15.4. The molecule has 1 rings (SSSR count).